The van der Waals surface area contributed by atoms with Crippen molar-refractivity contribution in [2.24, 2.45) is 11.7 Å². The van der Waals surface area contributed by atoms with Crippen LogP contribution in [0, 0.1) is 5.92 Å². The average Bonchev–Trinajstić information content (AvgIpc) is 2.83. The first-order valence-electron chi connectivity index (χ1n) is 7.02. The first kappa shape index (κ1) is 12.5. The second kappa shape index (κ2) is 4.53. The molecule has 4 N–H and O–H groups in total. The predicted octanol–water partition coefficient (Wildman–Crippen LogP) is 2.68. The second-order valence-corrected chi connectivity index (χ2v) is 5.95. The number of rotatable bonds is 2. The van der Waals surface area contributed by atoms with Crippen LogP contribution in [0.15, 0.2) is 18.2 Å². The van der Waals surface area contributed by atoms with Gasteiger partial charge in [-0.2, -0.15) is 0 Å². The largest absolute Gasteiger partial charge is 0.508 e. The first-order valence-corrected chi connectivity index (χ1v) is 7.02. The number of H-pyrrole nitrogens is 1. The van der Waals surface area contributed by atoms with Crippen molar-refractivity contribution in [1.29, 1.82) is 0 Å². The summed E-state index contributed by atoms with van der Waals surface area (Å²) < 4.78 is 0. The summed E-state index contributed by atoms with van der Waals surface area (Å²) in [6, 6.07) is 5.24. The SMILES string of the molecule is CC1CCC(CN)(c2nc3ccc(O)cc3[nH]2)CC1. The Morgan fingerprint density at radius 1 is 1.42 bits per heavy atom. The van der Waals surface area contributed by atoms with Crippen LogP contribution in [-0.4, -0.2) is 21.6 Å². The Morgan fingerprint density at radius 3 is 2.84 bits per heavy atom. The number of aromatic hydroxyl groups is 1. The van der Waals surface area contributed by atoms with Crippen LogP contribution in [0.3, 0.4) is 0 Å². The molecule has 1 aliphatic carbocycles. The van der Waals surface area contributed by atoms with Crippen LogP contribution < -0.4 is 5.73 Å². The summed E-state index contributed by atoms with van der Waals surface area (Å²) in [5, 5.41) is 9.53. The smallest absolute Gasteiger partial charge is 0.117 e. The summed E-state index contributed by atoms with van der Waals surface area (Å²) in [6.07, 6.45) is 4.60. The minimum Gasteiger partial charge on any atom is -0.508 e. The Hall–Kier alpha value is -1.55. The quantitative estimate of drug-likeness (QED) is 0.776. The third-order valence-electron chi connectivity index (χ3n) is 4.59. The van der Waals surface area contributed by atoms with E-state index in [0.29, 0.717) is 6.54 Å². The highest BCUT2D eigenvalue weighted by Gasteiger charge is 2.37. The van der Waals surface area contributed by atoms with E-state index in [-0.39, 0.29) is 11.2 Å². The van der Waals surface area contributed by atoms with Gasteiger partial charge in [0, 0.05) is 18.0 Å². The molecule has 1 saturated carbocycles. The van der Waals surface area contributed by atoms with Crippen molar-refractivity contribution in [2.45, 2.75) is 38.0 Å². The molecule has 1 aromatic heterocycles. The number of benzene rings is 1. The van der Waals surface area contributed by atoms with Gasteiger partial charge in [0.05, 0.1) is 11.0 Å². The molecule has 0 radical (unpaired) electrons. The number of nitrogens with two attached hydrogens (primary N) is 1. The van der Waals surface area contributed by atoms with Crippen molar-refractivity contribution in [1.82, 2.24) is 9.97 Å². The molecule has 2 aromatic rings. The standard InChI is InChI=1S/C15H21N3O/c1-10-4-6-15(9-16,7-5-10)14-17-12-3-2-11(19)8-13(12)18-14/h2-3,8,10,19H,4-7,9,16H2,1H3,(H,17,18). The monoisotopic (exact) mass is 259 g/mol. The number of phenolic OH excluding ortho intramolecular Hbond substituents is 1. The lowest BCUT2D eigenvalue weighted by molar-refractivity contribution is 0.238. The Balaban J connectivity index is 2.01. The Kier molecular flexibility index (Phi) is 2.97. The molecule has 0 bridgehead atoms. The molecule has 3 rings (SSSR count). The Labute approximate surface area is 113 Å². The number of fused-ring (bicyclic) bond motifs is 1. The lowest BCUT2D eigenvalue weighted by Crippen LogP contribution is -2.39. The van der Waals surface area contributed by atoms with Crippen LogP contribution in [0.4, 0.5) is 0 Å². The van der Waals surface area contributed by atoms with Crippen LogP contribution in [0.2, 0.25) is 0 Å². The topological polar surface area (TPSA) is 74.9 Å². The molecule has 4 nitrogen and oxygen atoms in total. The van der Waals surface area contributed by atoms with E-state index in [4.69, 9.17) is 10.7 Å². The normalized spacial score (nSPS) is 27.8. The molecule has 0 amide bonds. The number of nitrogens with one attached hydrogen (secondary N) is 1. The molecule has 1 heterocycles. The van der Waals surface area contributed by atoms with Crippen molar-refractivity contribution >= 4 is 11.0 Å². The van der Waals surface area contributed by atoms with Gasteiger partial charge in [0.25, 0.3) is 0 Å². The summed E-state index contributed by atoms with van der Waals surface area (Å²) in [5.41, 5.74) is 7.84. The molecule has 1 aliphatic rings. The van der Waals surface area contributed by atoms with Crippen molar-refractivity contribution in [3.8, 4) is 5.75 Å². The van der Waals surface area contributed by atoms with Crippen LogP contribution in [-0.2, 0) is 5.41 Å². The number of aromatic nitrogens is 2. The summed E-state index contributed by atoms with van der Waals surface area (Å²) in [7, 11) is 0. The lowest BCUT2D eigenvalue weighted by Gasteiger charge is -2.36. The Morgan fingerprint density at radius 2 is 2.16 bits per heavy atom. The van der Waals surface area contributed by atoms with Gasteiger partial charge in [-0.1, -0.05) is 6.92 Å². The van der Waals surface area contributed by atoms with Gasteiger partial charge in [-0.25, -0.2) is 4.98 Å². The third kappa shape index (κ3) is 2.10. The minimum absolute atomic E-state index is 0.0127. The van der Waals surface area contributed by atoms with Crippen LogP contribution in [0.1, 0.15) is 38.4 Å². The predicted molar refractivity (Wildman–Crippen MR) is 76.1 cm³/mol. The van der Waals surface area contributed by atoms with Crippen molar-refractivity contribution < 1.29 is 5.11 Å². The Bertz CT molecular complexity index is 582. The molecule has 0 spiro atoms. The van der Waals surface area contributed by atoms with Gasteiger partial charge < -0.3 is 15.8 Å². The van der Waals surface area contributed by atoms with Crippen LogP contribution in [0.25, 0.3) is 11.0 Å². The molecule has 4 heteroatoms. The van der Waals surface area contributed by atoms with E-state index < -0.39 is 0 Å². The van der Waals surface area contributed by atoms with Gasteiger partial charge >= 0.3 is 0 Å². The zero-order valence-electron chi connectivity index (χ0n) is 11.3. The fraction of sp³-hybridized carbons (Fsp3) is 0.533. The molecular formula is C15H21N3O. The van der Waals surface area contributed by atoms with Crippen LogP contribution >= 0.6 is 0 Å². The van der Waals surface area contributed by atoms with E-state index in [0.717, 1.165) is 35.6 Å². The third-order valence-corrected chi connectivity index (χ3v) is 4.59. The minimum atomic E-state index is -0.0127. The number of hydrogen-bond donors (Lipinski definition) is 3. The fourth-order valence-corrected chi connectivity index (χ4v) is 3.10. The lowest BCUT2D eigenvalue weighted by atomic mass is 9.70. The maximum atomic E-state index is 9.53. The fourth-order valence-electron chi connectivity index (χ4n) is 3.10. The maximum Gasteiger partial charge on any atom is 0.117 e. The van der Waals surface area contributed by atoms with E-state index >= 15 is 0 Å². The van der Waals surface area contributed by atoms with Gasteiger partial charge in [-0.3, -0.25) is 0 Å². The molecule has 0 unspecified atom stereocenters. The molecule has 0 atom stereocenters. The van der Waals surface area contributed by atoms with E-state index in [9.17, 15) is 5.11 Å². The second-order valence-electron chi connectivity index (χ2n) is 5.95. The van der Waals surface area contributed by atoms with Gasteiger partial charge in [0.1, 0.15) is 11.6 Å². The number of imidazole rings is 1. The van der Waals surface area contributed by atoms with Gasteiger partial charge in [-0.15, -0.1) is 0 Å². The van der Waals surface area contributed by atoms with E-state index in [2.05, 4.69) is 11.9 Å². The summed E-state index contributed by atoms with van der Waals surface area (Å²) >= 11 is 0. The maximum absolute atomic E-state index is 9.53. The summed E-state index contributed by atoms with van der Waals surface area (Å²) in [6.45, 7) is 2.93. The molecule has 1 aromatic carbocycles. The molecule has 19 heavy (non-hydrogen) atoms. The summed E-state index contributed by atoms with van der Waals surface area (Å²) in [5.74, 6) is 2.04. The van der Waals surface area contributed by atoms with Gasteiger partial charge in [0.2, 0.25) is 0 Å². The molecule has 1 fully saturated rings. The number of phenols is 1. The van der Waals surface area contributed by atoms with E-state index in [1.807, 2.05) is 6.07 Å². The zero-order chi connectivity index (χ0) is 13.5. The van der Waals surface area contributed by atoms with Crippen molar-refractivity contribution in [3.63, 3.8) is 0 Å². The summed E-state index contributed by atoms with van der Waals surface area (Å²) in [4.78, 5) is 8.06. The van der Waals surface area contributed by atoms with E-state index in [1.165, 1.54) is 12.8 Å². The molecular weight excluding hydrogens is 238 g/mol. The highest BCUT2D eigenvalue weighted by Crippen LogP contribution is 2.40. The molecule has 0 aliphatic heterocycles. The van der Waals surface area contributed by atoms with Crippen molar-refractivity contribution in [3.05, 3.63) is 24.0 Å². The highest BCUT2D eigenvalue weighted by atomic mass is 16.3. The van der Waals surface area contributed by atoms with Gasteiger partial charge in [-0.05, 0) is 43.7 Å². The zero-order valence-corrected chi connectivity index (χ0v) is 11.3. The highest BCUT2D eigenvalue weighted by molar-refractivity contribution is 5.76. The first-order chi connectivity index (χ1) is 9.13. The number of hydrogen-bond acceptors (Lipinski definition) is 3. The molecule has 102 valence electrons. The number of aromatic amines is 1. The number of nitrogens with zero attached hydrogens (tertiary/aromatic N) is 1. The van der Waals surface area contributed by atoms with Gasteiger partial charge in [0.15, 0.2) is 0 Å². The average molecular weight is 259 g/mol. The van der Waals surface area contributed by atoms with Crippen molar-refractivity contribution in [2.75, 3.05) is 6.54 Å². The van der Waals surface area contributed by atoms with Crippen LogP contribution in [0.5, 0.6) is 5.75 Å². The molecule has 0 saturated heterocycles. The van der Waals surface area contributed by atoms with E-state index in [1.54, 1.807) is 12.1 Å².